The van der Waals surface area contributed by atoms with Crippen molar-refractivity contribution in [2.45, 2.75) is 59.9 Å². The van der Waals surface area contributed by atoms with Crippen LogP contribution in [-0.2, 0) is 0 Å². The van der Waals surface area contributed by atoms with Gasteiger partial charge in [-0.2, -0.15) is 0 Å². The SMILES string of the molecule is CCC(C)(C)CNC(C)(C)CC. The molecule has 1 heteroatoms. The lowest BCUT2D eigenvalue weighted by Gasteiger charge is -2.31. The molecular weight excluding hydrogens is 146 g/mol. The summed E-state index contributed by atoms with van der Waals surface area (Å²) in [6.07, 6.45) is 2.42. The standard InChI is InChI=1S/C11H25N/c1-7-10(3,4)9-12-11(5,6)8-2/h12H,7-9H2,1-6H3. The lowest BCUT2D eigenvalue weighted by atomic mass is 9.88. The third-order valence-corrected chi connectivity index (χ3v) is 2.89. The maximum atomic E-state index is 3.60. The minimum atomic E-state index is 0.298. The fourth-order valence-corrected chi connectivity index (χ4v) is 0.729. The average molecular weight is 171 g/mol. The van der Waals surface area contributed by atoms with Crippen LogP contribution in [0.2, 0.25) is 0 Å². The minimum absolute atomic E-state index is 0.298. The van der Waals surface area contributed by atoms with E-state index < -0.39 is 0 Å². The normalized spacial score (nSPS) is 13.5. The predicted molar refractivity (Wildman–Crippen MR) is 56.4 cm³/mol. The average Bonchev–Trinajstić information content (AvgIpc) is 2.02. The molecule has 0 rings (SSSR count). The van der Waals surface area contributed by atoms with Crippen molar-refractivity contribution in [1.82, 2.24) is 5.32 Å². The molecule has 0 aromatic carbocycles. The maximum absolute atomic E-state index is 3.60. The molecule has 1 nitrogen and oxygen atoms in total. The van der Waals surface area contributed by atoms with Gasteiger partial charge in [-0.05, 0) is 32.1 Å². The van der Waals surface area contributed by atoms with E-state index in [4.69, 9.17) is 0 Å². The van der Waals surface area contributed by atoms with Gasteiger partial charge >= 0.3 is 0 Å². The quantitative estimate of drug-likeness (QED) is 0.670. The Morgan fingerprint density at radius 1 is 0.917 bits per heavy atom. The second kappa shape index (κ2) is 4.27. The highest BCUT2D eigenvalue weighted by Crippen LogP contribution is 2.19. The van der Waals surface area contributed by atoms with Crippen LogP contribution in [0.25, 0.3) is 0 Å². The van der Waals surface area contributed by atoms with Gasteiger partial charge in [0.2, 0.25) is 0 Å². The third kappa shape index (κ3) is 4.76. The molecule has 0 aromatic heterocycles. The molecule has 0 saturated carbocycles. The lowest BCUT2D eigenvalue weighted by Crippen LogP contribution is -2.43. The van der Waals surface area contributed by atoms with Gasteiger partial charge in [-0.15, -0.1) is 0 Å². The smallest absolute Gasteiger partial charge is 0.0122 e. The highest BCUT2D eigenvalue weighted by atomic mass is 15.0. The highest BCUT2D eigenvalue weighted by Gasteiger charge is 2.20. The van der Waals surface area contributed by atoms with Gasteiger partial charge in [0, 0.05) is 12.1 Å². The minimum Gasteiger partial charge on any atom is -0.311 e. The van der Waals surface area contributed by atoms with Crippen molar-refractivity contribution in [3.8, 4) is 0 Å². The highest BCUT2D eigenvalue weighted by molar-refractivity contribution is 4.79. The molecule has 0 spiro atoms. The Kier molecular flexibility index (Phi) is 4.25. The van der Waals surface area contributed by atoms with Crippen LogP contribution < -0.4 is 5.32 Å². The van der Waals surface area contributed by atoms with Gasteiger partial charge in [0.05, 0.1) is 0 Å². The summed E-state index contributed by atoms with van der Waals surface area (Å²) >= 11 is 0. The Bertz CT molecular complexity index is 109. The summed E-state index contributed by atoms with van der Waals surface area (Å²) in [5.41, 5.74) is 0.735. The van der Waals surface area contributed by atoms with Crippen molar-refractivity contribution in [3.63, 3.8) is 0 Å². The van der Waals surface area contributed by atoms with Crippen LogP contribution in [-0.4, -0.2) is 12.1 Å². The summed E-state index contributed by atoms with van der Waals surface area (Å²) in [6.45, 7) is 14.7. The first-order chi connectivity index (χ1) is 5.33. The zero-order chi connectivity index (χ0) is 9.83. The summed E-state index contributed by atoms with van der Waals surface area (Å²) in [7, 11) is 0. The van der Waals surface area contributed by atoms with E-state index in [1.54, 1.807) is 0 Å². The Morgan fingerprint density at radius 3 is 1.75 bits per heavy atom. The van der Waals surface area contributed by atoms with E-state index in [0.29, 0.717) is 11.0 Å². The second-order valence-corrected chi connectivity index (χ2v) is 5.11. The molecule has 0 aromatic rings. The van der Waals surface area contributed by atoms with E-state index >= 15 is 0 Å². The molecule has 0 heterocycles. The van der Waals surface area contributed by atoms with Crippen molar-refractivity contribution < 1.29 is 0 Å². The number of hydrogen-bond acceptors (Lipinski definition) is 1. The van der Waals surface area contributed by atoms with Crippen molar-refractivity contribution >= 4 is 0 Å². The second-order valence-electron chi connectivity index (χ2n) is 5.11. The van der Waals surface area contributed by atoms with E-state index in [9.17, 15) is 0 Å². The van der Waals surface area contributed by atoms with Crippen LogP contribution in [0.5, 0.6) is 0 Å². The van der Waals surface area contributed by atoms with E-state index in [2.05, 4.69) is 46.9 Å². The Balaban J connectivity index is 3.82. The summed E-state index contributed by atoms with van der Waals surface area (Å²) < 4.78 is 0. The molecule has 0 aliphatic heterocycles. The van der Waals surface area contributed by atoms with E-state index in [1.807, 2.05) is 0 Å². The fourth-order valence-electron chi connectivity index (χ4n) is 0.729. The molecule has 0 atom stereocenters. The van der Waals surface area contributed by atoms with Crippen LogP contribution in [0.3, 0.4) is 0 Å². The molecule has 0 bridgehead atoms. The predicted octanol–water partition coefficient (Wildman–Crippen LogP) is 3.20. The molecular formula is C11H25N. The first-order valence-electron chi connectivity index (χ1n) is 5.08. The summed E-state index contributed by atoms with van der Waals surface area (Å²) in [6, 6.07) is 0. The summed E-state index contributed by atoms with van der Waals surface area (Å²) in [5, 5.41) is 3.60. The largest absolute Gasteiger partial charge is 0.311 e. The number of hydrogen-bond donors (Lipinski definition) is 1. The molecule has 0 fully saturated rings. The van der Waals surface area contributed by atoms with Crippen molar-refractivity contribution in [2.24, 2.45) is 5.41 Å². The van der Waals surface area contributed by atoms with Crippen LogP contribution in [0.1, 0.15) is 54.4 Å². The molecule has 74 valence electrons. The lowest BCUT2D eigenvalue weighted by molar-refractivity contribution is 0.267. The van der Waals surface area contributed by atoms with Crippen molar-refractivity contribution in [1.29, 1.82) is 0 Å². The molecule has 0 amide bonds. The first-order valence-corrected chi connectivity index (χ1v) is 5.08. The van der Waals surface area contributed by atoms with Gasteiger partial charge in [-0.25, -0.2) is 0 Å². The van der Waals surface area contributed by atoms with Gasteiger partial charge in [-0.1, -0.05) is 27.7 Å². The number of nitrogens with one attached hydrogen (secondary N) is 1. The molecule has 0 aliphatic rings. The van der Waals surface area contributed by atoms with Crippen molar-refractivity contribution in [2.75, 3.05) is 6.54 Å². The van der Waals surface area contributed by atoms with Crippen LogP contribution >= 0.6 is 0 Å². The Hall–Kier alpha value is -0.0400. The fraction of sp³-hybridized carbons (Fsp3) is 1.00. The van der Waals surface area contributed by atoms with Gasteiger partial charge in [0.15, 0.2) is 0 Å². The summed E-state index contributed by atoms with van der Waals surface area (Å²) in [5.74, 6) is 0. The van der Waals surface area contributed by atoms with E-state index in [1.165, 1.54) is 12.8 Å². The van der Waals surface area contributed by atoms with Gasteiger partial charge in [0.1, 0.15) is 0 Å². The van der Waals surface area contributed by atoms with Gasteiger partial charge in [0.25, 0.3) is 0 Å². The topological polar surface area (TPSA) is 12.0 Å². The molecule has 1 N–H and O–H groups in total. The van der Waals surface area contributed by atoms with Crippen LogP contribution in [0.15, 0.2) is 0 Å². The monoisotopic (exact) mass is 171 g/mol. The first kappa shape index (κ1) is 12.0. The van der Waals surface area contributed by atoms with Crippen LogP contribution in [0, 0.1) is 5.41 Å². The molecule has 0 saturated heterocycles. The zero-order valence-corrected chi connectivity index (χ0v) is 9.62. The Labute approximate surface area is 77.9 Å². The molecule has 12 heavy (non-hydrogen) atoms. The van der Waals surface area contributed by atoms with E-state index in [-0.39, 0.29) is 0 Å². The van der Waals surface area contributed by atoms with Gasteiger partial charge < -0.3 is 5.32 Å². The van der Waals surface area contributed by atoms with E-state index in [0.717, 1.165) is 6.54 Å². The van der Waals surface area contributed by atoms with Crippen LogP contribution in [0.4, 0.5) is 0 Å². The zero-order valence-electron chi connectivity index (χ0n) is 9.62. The Morgan fingerprint density at radius 2 is 1.42 bits per heavy atom. The third-order valence-electron chi connectivity index (χ3n) is 2.89. The maximum Gasteiger partial charge on any atom is 0.0122 e. The molecule has 0 unspecified atom stereocenters. The molecule has 0 aliphatic carbocycles. The van der Waals surface area contributed by atoms with Gasteiger partial charge in [-0.3, -0.25) is 0 Å². The summed E-state index contributed by atoms with van der Waals surface area (Å²) in [4.78, 5) is 0. The number of rotatable bonds is 5. The van der Waals surface area contributed by atoms with Crippen molar-refractivity contribution in [3.05, 3.63) is 0 Å². The molecule has 0 radical (unpaired) electrons.